The molecule has 4 aliphatic carbocycles. The quantitative estimate of drug-likeness (QED) is 0.663. The molecule has 0 aromatic carbocycles. The van der Waals surface area contributed by atoms with Gasteiger partial charge in [-0.1, -0.05) is 20.3 Å². The highest BCUT2D eigenvalue weighted by Crippen LogP contribution is 2.65. The second-order valence-corrected chi connectivity index (χ2v) is 9.70. The molecular formula is C21H32O3. The molecular weight excluding hydrogens is 300 g/mol. The number of hydrogen-bond donors (Lipinski definition) is 0. The van der Waals surface area contributed by atoms with E-state index in [1.807, 2.05) is 0 Å². The molecule has 3 nitrogen and oxygen atoms in total. The zero-order chi connectivity index (χ0) is 17.1. The van der Waals surface area contributed by atoms with E-state index in [4.69, 9.17) is 4.74 Å². The van der Waals surface area contributed by atoms with Crippen molar-refractivity contribution in [2.75, 3.05) is 0 Å². The minimum absolute atomic E-state index is 0.0326. The molecule has 0 N–H and O–H groups in total. The average molecular weight is 332 g/mol. The van der Waals surface area contributed by atoms with Crippen molar-refractivity contribution >= 4 is 11.8 Å². The van der Waals surface area contributed by atoms with E-state index in [0.29, 0.717) is 34.9 Å². The Morgan fingerprint density at radius 3 is 2.62 bits per heavy atom. The normalized spacial score (nSPS) is 50.6. The predicted molar refractivity (Wildman–Crippen MR) is 92.3 cm³/mol. The van der Waals surface area contributed by atoms with Gasteiger partial charge < -0.3 is 4.74 Å². The van der Waals surface area contributed by atoms with Crippen LogP contribution in [0.3, 0.4) is 0 Å². The van der Waals surface area contributed by atoms with E-state index in [2.05, 4.69) is 13.8 Å². The molecule has 4 fully saturated rings. The van der Waals surface area contributed by atoms with E-state index >= 15 is 0 Å². The van der Waals surface area contributed by atoms with Gasteiger partial charge in [0.2, 0.25) is 0 Å². The van der Waals surface area contributed by atoms with Crippen molar-refractivity contribution in [3.05, 3.63) is 0 Å². The monoisotopic (exact) mass is 332 g/mol. The van der Waals surface area contributed by atoms with Crippen LogP contribution < -0.4 is 0 Å². The molecule has 0 radical (unpaired) electrons. The fourth-order valence-electron chi connectivity index (χ4n) is 7.22. The second-order valence-electron chi connectivity index (χ2n) is 9.70. The number of esters is 1. The molecule has 4 saturated carbocycles. The maximum atomic E-state index is 13.1. The van der Waals surface area contributed by atoms with Crippen LogP contribution in [0.4, 0.5) is 0 Å². The standard InChI is InChI=1S/C21H32O3/c1-13(22)24-15-6-10-21(3)14(11-15)12-18(23)19-16-5-4-8-20(16,2)9-7-17(19)21/h14-17,19H,4-12H2,1-3H3/t14-,15-,16+,17+,19+,20+,21+/m1/s1. The molecule has 0 bridgehead atoms. The molecule has 0 amide bonds. The molecule has 0 saturated heterocycles. The number of carbonyl (C=O) groups excluding carboxylic acids is 2. The van der Waals surface area contributed by atoms with Crippen molar-refractivity contribution < 1.29 is 14.3 Å². The lowest BCUT2D eigenvalue weighted by Gasteiger charge is -2.59. The van der Waals surface area contributed by atoms with Gasteiger partial charge in [-0.25, -0.2) is 0 Å². The summed E-state index contributed by atoms with van der Waals surface area (Å²) in [4.78, 5) is 24.4. The highest BCUT2D eigenvalue weighted by molar-refractivity contribution is 5.83. The fraction of sp³-hybridized carbons (Fsp3) is 0.905. The lowest BCUT2D eigenvalue weighted by molar-refractivity contribution is -0.166. The van der Waals surface area contributed by atoms with Gasteiger partial charge in [-0.2, -0.15) is 0 Å². The number of ketones is 1. The molecule has 4 aliphatic rings. The Morgan fingerprint density at radius 1 is 1.08 bits per heavy atom. The molecule has 4 rings (SSSR count). The van der Waals surface area contributed by atoms with Crippen LogP contribution in [-0.2, 0) is 14.3 Å². The number of carbonyl (C=O) groups is 2. The first kappa shape index (κ1) is 16.6. The van der Waals surface area contributed by atoms with Gasteiger partial charge >= 0.3 is 5.97 Å². The Morgan fingerprint density at radius 2 is 1.88 bits per heavy atom. The van der Waals surface area contributed by atoms with E-state index in [1.54, 1.807) is 0 Å². The van der Waals surface area contributed by atoms with Gasteiger partial charge in [-0.3, -0.25) is 9.59 Å². The van der Waals surface area contributed by atoms with Crippen molar-refractivity contribution in [3.8, 4) is 0 Å². The molecule has 7 atom stereocenters. The third kappa shape index (κ3) is 2.37. The van der Waals surface area contributed by atoms with Gasteiger partial charge in [0, 0.05) is 19.3 Å². The number of fused-ring (bicyclic) bond motifs is 5. The molecule has 0 aromatic heterocycles. The van der Waals surface area contributed by atoms with Crippen LogP contribution in [0, 0.1) is 34.5 Å². The minimum atomic E-state index is -0.178. The maximum Gasteiger partial charge on any atom is 0.302 e. The highest BCUT2D eigenvalue weighted by Gasteiger charge is 2.60. The van der Waals surface area contributed by atoms with E-state index in [0.717, 1.165) is 25.7 Å². The first-order valence-electron chi connectivity index (χ1n) is 10.0. The Kier molecular flexibility index (Phi) is 3.85. The van der Waals surface area contributed by atoms with Crippen LogP contribution in [0.15, 0.2) is 0 Å². The summed E-state index contributed by atoms with van der Waals surface area (Å²) in [5.41, 5.74) is 0.702. The van der Waals surface area contributed by atoms with Crippen LogP contribution in [-0.4, -0.2) is 17.9 Å². The maximum absolute atomic E-state index is 13.1. The predicted octanol–water partition coefficient (Wildman–Crippen LogP) is 4.53. The van der Waals surface area contributed by atoms with Gasteiger partial charge in [-0.15, -0.1) is 0 Å². The summed E-state index contributed by atoms with van der Waals surface area (Å²) in [6, 6.07) is 0. The molecule has 3 heteroatoms. The van der Waals surface area contributed by atoms with E-state index in [9.17, 15) is 9.59 Å². The van der Waals surface area contributed by atoms with Crippen molar-refractivity contribution in [2.45, 2.75) is 84.7 Å². The van der Waals surface area contributed by atoms with E-state index < -0.39 is 0 Å². The van der Waals surface area contributed by atoms with Crippen molar-refractivity contribution in [1.82, 2.24) is 0 Å². The van der Waals surface area contributed by atoms with Gasteiger partial charge in [-0.05, 0) is 73.5 Å². The lowest BCUT2D eigenvalue weighted by Crippen LogP contribution is -2.56. The SMILES string of the molecule is CC(=O)O[C@@H]1CC[C@@]2(C)[C@@H](CC(=O)[C@H]3[C@@H]4CCC[C@@]4(C)CC[C@@H]32)C1. The third-order valence-corrected chi connectivity index (χ3v) is 8.54. The molecule has 0 unspecified atom stereocenters. The first-order valence-corrected chi connectivity index (χ1v) is 10.0. The second kappa shape index (κ2) is 5.57. The van der Waals surface area contributed by atoms with E-state index in [1.165, 1.54) is 39.0 Å². The Balaban J connectivity index is 1.59. The smallest absolute Gasteiger partial charge is 0.302 e. The minimum Gasteiger partial charge on any atom is -0.463 e. The van der Waals surface area contributed by atoms with Gasteiger partial charge in [0.25, 0.3) is 0 Å². The van der Waals surface area contributed by atoms with Crippen LogP contribution in [0.2, 0.25) is 0 Å². The van der Waals surface area contributed by atoms with E-state index in [-0.39, 0.29) is 17.5 Å². The first-order chi connectivity index (χ1) is 11.3. The molecule has 0 aliphatic heterocycles. The van der Waals surface area contributed by atoms with Crippen LogP contribution in [0.1, 0.15) is 78.6 Å². The summed E-state index contributed by atoms with van der Waals surface area (Å²) in [6.07, 6.45) is 10.2. The highest BCUT2D eigenvalue weighted by atomic mass is 16.5. The number of rotatable bonds is 1. The Labute approximate surface area is 145 Å². The molecule has 0 aromatic rings. The topological polar surface area (TPSA) is 43.4 Å². The van der Waals surface area contributed by atoms with Crippen molar-refractivity contribution in [2.24, 2.45) is 34.5 Å². The van der Waals surface area contributed by atoms with Crippen LogP contribution >= 0.6 is 0 Å². The van der Waals surface area contributed by atoms with Gasteiger partial charge in [0.15, 0.2) is 0 Å². The number of Topliss-reactive ketones (excluding diaryl/α,β-unsaturated/α-hetero) is 1. The summed E-state index contributed by atoms with van der Waals surface area (Å²) < 4.78 is 5.49. The summed E-state index contributed by atoms with van der Waals surface area (Å²) in [7, 11) is 0. The van der Waals surface area contributed by atoms with Crippen molar-refractivity contribution in [1.29, 1.82) is 0 Å². The van der Waals surface area contributed by atoms with Crippen LogP contribution in [0.25, 0.3) is 0 Å². The van der Waals surface area contributed by atoms with Crippen LogP contribution in [0.5, 0.6) is 0 Å². The molecule has 0 heterocycles. The summed E-state index contributed by atoms with van der Waals surface area (Å²) in [5, 5.41) is 0. The summed E-state index contributed by atoms with van der Waals surface area (Å²) in [6.45, 7) is 6.39. The third-order valence-electron chi connectivity index (χ3n) is 8.54. The largest absolute Gasteiger partial charge is 0.463 e. The van der Waals surface area contributed by atoms with Gasteiger partial charge in [0.05, 0.1) is 0 Å². The van der Waals surface area contributed by atoms with Crippen molar-refractivity contribution in [3.63, 3.8) is 0 Å². The molecule has 24 heavy (non-hydrogen) atoms. The van der Waals surface area contributed by atoms with Gasteiger partial charge in [0.1, 0.15) is 11.9 Å². The zero-order valence-corrected chi connectivity index (χ0v) is 15.5. The number of hydrogen-bond acceptors (Lipinski definition) is 3. The average Bonchev–Trinajstić information content (AvgIpc) is 2.90. The summed E-state index contributed by atoms with van der Waals surface area (Å²) in [5.74, 6) is 2.28. The Bertz CT molecular complexity index is 555. The fourth-order valence-corrected chi connectivity index (χ4v) is 7.22. The number of ether oxygens (including phenoxy) is 1. The molecule has 0 spiro atoms. The zero-order valence-electron chi connectivity index (χ0n) is 15.5. The Hall–Kier alpha value is -0.860. The summed E-state index contributed by atoms with van der Waals surface area (Å²) >= 11 is 0. The lowest BCUT2D eigenvalue weighted by atomic mass is 9.45. The molecule has 134 valence electrons.